The third kappa shape index (κ3) is 7.61. The number of nitrogens with one attached hydrogen (secondary N) is 2. The van der Waals surface area contributed by atoms with Crippen molar-refractivity contribution in [3.63, 3.8) is 0 Å². The zero-order valence-corrected chi connectivity index (χ0v) is 35.6. The van der Waals surface area contributed by atoms with Gasteiger partial charge in [-0.25, -0.2) is 9.67 Å². The largest absolute Gasteiger partial charge is 0.477 e. The number of imidazole rings is 1. The van der Waals surface area contributed by atoms with Crippen LogP contribution < -0.4 is 25.2 Å². The van der Waals surface area contributed by atoms with Crippen LogP contribution in [0.1, 0.15) is 85.2 Å². The number of hydrogen-bond acceptors (Lipinski definition) is 11. The fourth-order valence-corrected chi connectivity index (χ4v) is 10.7. The van der Waals surface area contributed by atoms with Crippen molar-refractivity contribution < 1.29 is 19.1 Å². The van der Waals surface area contributed by atoms with E-state index in [1.165, 1.54) is 5.69 Å². The van der Waals surface area contributed by atoms with Crippen molar-refractivity contribution in [2.75, 3.05) is 54.4 Å². The standard InChI is InChI=1S/C46H55N11O4/c1-27-19-32-21-39(48-27)36-23-47-53(4)45(36)61-26-31-6-5-30(20-31)25-57-41-22-34(7-9-38(41)50-46(57)52-43(32)59)56-18-17-55(24-28(56)2)33-13-15-54(16-14-33)40-11-10-37(49-29(40)3)35-8-12-42(58)51-44(35)60/h7,9-11,19,21-23,28,30-31,33,35H,5-6,8,12-18,20,24-26H2,1-4H3,(H,50,52,59)(H,51,58,60)/t28-,30-,31+,35?/m1/s1. The van der Waals surface area contributed by atoms with Crippen molar-refractivity contribution >= 4 is 46.1 Å². The molecule has 4 atom stereocenters. The van der Waals surface area contributed by atoms with E-state index < -0.39 is 0 Å². The monoisotopic (exact) mass is 825 g/mol. The van der Waals surface area contributed by atoms with Crippen LogP contribution >= 0.6 is 0 Å². The predicted octanol–water partition coefficient (Wildman–Crippen LogP) is 5.60. The molecule has 0 radical (unpaired) electrons. The van der Waals surface area contributed by atoms with Crippen molar-refractivity contribution in [2.45, 2.75) is 90.3 Å². The van der Waals surface area contributed by atoms with E-state index in [4.69, 9.17) is 19.7 Å². The zero-order valence-electron chi connectivity index (χ0n) is 35.6. The highest BCUT2D eigenvalue weighted by molar-refractivity contribution is 6.05. The SMILES string of the molecule is Cc1cc2cc(n1)-c1cnn(C)c1OC[C@H]1CC[C@H](C1)Cn1c(nc3ccc(N4CCN(C5CCN(c6ccc(C7CCC(=O)NC7=O)nc6C)CC5)C[C@H]4C)cc31)NC2=O. The highest BCUT2D eigenvalue weighted by atomic mass is 16.5. The van der Waals surface area contributed by atoms with Crippen LogP contribution in [0.15, 0.2) is 48.7 Å². The fraction of sp³-hybridized carbons (Fsp3) is 0.500. The Bertz CT molecular complexity index is 2520. The fourth-order valence-electron chi connectivity index (χ4n) is 10.7. The number of rotatable bonds is 4. The van der Waals surface area contributed by atoms with Crippen molar-refractivity contribution in [1.82, 2.24) is 39.5 Å². The molecule has 5 aromatic rings. The summed E-state index contributed by atoms with van der Waals surface area (Å²) in [6.45, 7) is 12.5. The maximum Gasteiger partial charge on any atom is 0.258 e. The molecule has 10 rings (SSSR count). The summed E-state index contributed by atoms with van der Waals surface area (Å²) in [7, 11) is 1.88. The van der Waals surface area contributed by atoms with Gasteiger partial charge in [-0.2, -0.15) is 5.10 Å². The average molecular weight is 826 g/mol. The molecule has 61 heavy (non-hydrogen) atoms. The molecule has 4 aliphatic heterocycles. The summed E-state index contributed by atoms with van der Waals surface area (Å²) in [4.78, 5) is 60.4. The van der Waals surface area contributed by atoms with Crippen molar-refractivity contribution in [2.24, 2.45) is 18.9 Å². The lowest BCUT2D eigenvalue weighted by molar-refractivity contribution is -0.134. The lowest BCUT2D eigenvalue weighted by Gasteiger charge is -2.46. The molecule has 2 N–H and O–H groups in total. The topological polar surface area (TPSA) is 156 Å². The minimum Gasteiger partial charge on any atom is -0.477 e. The van der Waals surface area contributed by atoms with Crippen molar-refractivity contribution in [3.8, 4) is 17.1 Å². The minimum atomic E-state index is -0.371. The first kappa shape index (κ1) is 39.3. The number of imide groups is 1. The molecule has 15 heteroatoms. The summed E-state index contributed by atoms with van der Waals surface area (Å²) < 4.78 is 10.5. The zero-order chi connectivity index (χ0) is 41.9. The molecule has 15 nitrogen and oxygen atoms in total. The number of aryl methyl sites for hydroxylation is 3. The van der Waals surface area contributed by atoms with Gasteiger partial charge in [0.25, 0.3) is 5.91 Å². The lowest BCUT2D eigenvalue weighted by Crippen LogP contribution is -2.57. The molecule has 318 valence electrons. The van der Waals surface area contributed by atoms with E-state index in [-0.39, 0.29) is 23.6 Å². The van der Waals surface area contributed by atoms with Crippen LogP contribution in [0.5, 0.6) is 5.88 Å². The molecule has 1 aliphatic carbocycles. The minimum absolute atomic E-state index is 0.206. The van der Waals surface area contributed by atoms with E-state index in [1.54, 1.807) is 10.9 Å². The second kappa shape index (κ2) is 15.9. The molecule has 1 unspecified atom stereocenters. The smallest absolute Gasteiger partial charge is 0.258 e. The van der Waals surface area contributed by atoms with Crippen LogP contribution in [0.2, 0.25) is 0 Å². The Morgan fingerprint density at radius 3 is 2.48 bits per heavy atom. The van der Waals surface area contributed by atoms with Crippen LogP contribution in [-0.2, 0) is 23.2 Å². The van der Waals surface area contributed by atoms with E-state index in [0.717, 1.165) is 111 Å². The maximum absolute atomic E-state index is 14.0. The van der Waals surface area contributed by atoms with Gasteiger partial charge in [0, 0.05) is 81.8 Å². The van der Waals surface area contributed by atoms with Gasteiger partial charge >= 0.3 is 0 Å². The van der Waals surface area contributed by atoms with E-state index in [2.05, 4.69) is 66.2 Å². The Morgan fingerprint density at radius 1 is 0.836 bits per heavy atom. The third-order valence-corrected chi connectivity index (χ3v) is 13.9. The lowest BCUT2D eigenvalue weighted by atomic mass is 9.94. The number of nitrogens with zero attached hydrogens (tertiary/aromatic N) is 9. The number of pyridine rings is 2. The molecule has 5 aliphatic rings. The van der Waals surface area contributed by atoms with E-state index in [9.17, 15) is 14.4 Å². The van der Waals surface area contributed by atoms with Crippen LogP contribution in [0.4, 0.5) is 17.3 Å². The number of hydrogen-bond donors (Lipinski definition) is 2. The molecular formula is C46H55N11O4. The van der Waals surface area contributed by atoms with Gasteiger partial charge in [-0.1, -0.05) is 0 Å². The molecule has 1 saturated carbocycles. The van der Waals surface area contributed by atoms with Gasteiger partial charge in [-0.3, -0.25) is 39.9 Å². The number of amides is 3. The predicted molar refractivity (Wildman–Crippen MR) is 233 cm³/mol. The quantitative estimate of drug-likeness (QED) is 0.218. The first-order chi connectivity index (χ1) is 29.5. The molecule has 4 aromatic heterocycles. The number of carbonyl (C=O) groups excluding carboxylic acids is 3. The Morgan fingerprint density at radius 2 is 1.67 bits per heavy atom. The summed E-state index contributed by atoms with van der Waals surface area (Å²) in [5.74, 6) is 1.06. The van der Waals surface area contributed by atoms with Gasteiger partial charge in [-0.15, -0.1) is 0 Å². The summed E-state index contributed by atoms with van der Waals surface area (Å²) in [5.41, 5.74) is 8.59. The Labute approximate surface area is 355 Å². The van der Waals surface area contributed by atoms with Crippen LogP contribution in [0.25, 0.3) is 22.3 Å². The summed E-state index contributed by atoms with van der Waals surface area (Å²) >= 11 is 0. The number of piperazine rings is 1. The first-order valence-electron chi connectivity index (χ1n) is 22.1. The summed E-state index contributed by atoms with van der Waals surface area (Å²) in [6.07, 6.45) is 8.00. The highest BCUT2D eigenvalue weighted by Gasteiger charge is 2.34. The van der Waals surface area contributed by atoms with E-state index >= 15 is 0 Å². The van der Waals surface area contributed by atoms with Crippen LogP contribution in [0, 0.1) is 25.7 Å². The number of benzene rings is 1. The van der Waals surface area contributed by atoms with Gasteiger partial charge in [0.2, 0.25) is 23.6 Å². The highest BCUT2D eigenvalue weighted by Crippen LogP contribution is 2.38. The molecular weight excluding hydrogens is 771 g/mol. The van der Waals surface area contributed by atoms with E-state index in [1.807, 2.05) is 39.1 Å². The Balaban J connectivity index is 0.837. The number of fused-ring (bicyclic) bond motifs is 9. The number of anilines is 3. The van der Waals surface area contributed by atoms with Gasteiger partial charge in [0.15, 0.2) is 0 Å². The number of ether oxygens (including phenoxy) is 1. The summed E-state index contributed by atoms with van der Waals surface area (Å²) in [5, 5.41) is 10.1. The normalized spacial score (nSPS) is 24.1. The van der Waals surface area contributed by atoms with Crippen molar-refractivity contribution in [1.29, 1.82) is 0 Å². The molecule has 4 fully saturated rings. The first-order valence-corrected chi connectivity index (χ1v) is 22.1. The summed E-state index contributed by atoms with van der Waals surface area (Å²) in [6, 6.07) is 15.1. The van der Waals surface area contributed by atoms with Crippen molar-refractivity contribution in [3.05, 3.63) is 71.3 Å². The Kier molecular flexibility index (Phi) is 10.2. The average Bonchev–Trinajstić information content (AvgIpc) is 3.96. The second-order valence-corrected chi connectivity index (χ2v) is 18.0. The molecule has 8 heterocycles. The number of piperidine rings is 2. The Hall–Kier alpha value is -5.83. The molecule has 3 amide bonds. The molecule has 0 spiro atoms. The molecule has 3 saturated heterocycles. The van der Waals surface area contributed by atoms with E-state index in [0.29, 0.717) is 66.5 Å². The second-order valence-electron chi connectivity index (χ2n) is 18.0. The molecule has 1 aromatic carbocycles. The van der Waals surface area contributed by atoms with Crippen LogP contribution in [-0.4, -0.2) is 103 Å². The maximum atomic E-state index is 14.0. The third-order valence-electron chi connectivity index (χ3n) is 13.9. The van der Waals surface area contributed by atoms with Crippen LogP contribution in [0.3, 0.4) is 0 Å². The number of carbonyl (C=O) groups is 3. The van der Waals surface area contributed by atoms with Gasteiger partial charge in [0.1, 0.15) is 0 Å². The van der Waals surface area contributed by atoms with Gasteiger partial charge in [0.05, 0.1) is 58.1 Å². The molecule has 4 bridgehead atoms. The number of aromatic nitrogens is 6. The van der Waals surface area contributed by atoms with Gasteiger partial charge in [-0.05, 0) is 114 Å². The van der Waals surface area contributed by atoms with Gasteiger partial charge < -0.3 is 19.1 Å².